The topological polar surface area (TPSA) is 49.8 Å². The van der Waals surface area contributed by atoms with E-state index >= 15 is 0 Å². The summed E-state index contributed by atoms with van der Waals surface area (Å²) < 4.78 is 5.01. The normalized spacial score (nSPS) is 10.2. The zero-order chi connectivity index (χ0) is 9.26. The first-order chi connectivity index (χ1) is 6.35. The largest absolute Gasteiger partial charge is 0.355 e. The summed E-state index contributed by atoms with van der Waals surface area (Å²) in [6.07, 6.45) is 0.957. The maximum absolute atomic E-state index is 8.68. The highest BCUT2D eigenvalue weighted by atomic mass is 16.5. The molecule has 1 aromatic heterocycles. The summed E-state index contributed by atoms with van der Waals surface area (Å²) in [6.45, 7) is 2.07. The van der Waals surface area contributed by atoms with Gasteiger partial charge in [0.05, 0.1) is 5.39 Å². The van der Waals surface area contributed by atoms with Crippen molar-refractivity contribution < 1.29 is 4.52 Å². The van der Waals surface area contributed by atoms with Gasteiger partial charge in [0, 0.05) is 0 Å². The monoisotopic (exact) mass is 172 g/mol. The van der Waals surface area contributed by atoms with E-state index in [0.29, 0.717) is 11.3 Å². The third kappa shape index (κ3) is 1.17. The molecule has 0 saturated heterocycles. The number of hydrogen-bond donors (Lipinski definition) is 0. The minimum atomic E-state index is 0.359. The van der Waals surface area contributed by atoms with Gasteiger partial charge in [0.15, 0.2) is 11.3 Å². The van der Waals surface area contributed by atoms with E-state index in [0.717, 1.165) is 11.8 Å². The van der Waals surface area contributed by atoms with Gasteiger partial charge in [-0.05, 0) is 24.1 Å². The maximum Gasteiger partial charge on any atom is 0.191 e. The lowest BCUT2D eigenvalue weighted by Crippen LogP contribution is -1.78. The molecule has 3 nitrogen and oxygen atoms in total. The number of aromatic nitrogens is 1. The minimum Gasteiger partial charge on any atom is -0.355 e. The summed E-state index contributed by atoms with van der Waals surface area (Å²) in [6, 6.07) is 7.77. The molecule has 0 N–H and O–H groups in total. The van der Waals surface area contributed by atoms with Crippen LogP contribution >= 0.6 is 0 Å². The number of fused-ring (bicyclic) bond motifs is 1. The molecule has 2 aromatic rings. The second-order valence-corrected chi connectivity index (χ2v) is 2.83. The molecule has 2 rings (SSSR count). The fourth-order valence-corrected chi connectivity index (χ4v) is 1.28. The molecule has 0 radical (unpaired) electrons. The predicted octanol–water partition coefficient (Wildman–Crippen LogP) is 2.26. The van der Waals surface area contributed by atoms with Crippen LogP contribution in [0.3, 0.4) is 0 Å². The third-order valence-electron chi connectivity index (χ3n) is 2.05. The maximum atomic E-state index is 8.68. The van der Waals surface area contributed by atoms with Crippen LogP contribution in [0.15, 0.2) is 22.7 Å². The number of nitriles is 1. The molecular formula is C10H8N2O. The van der Waals surface area contributed by atoms with Crippen LogP contribution in [0.1, 0.15) is 18.2 Å². The average molecular weight is 172 g/mol. The van der Waals surface area contributed by atoms with Gasteiger partial charge in [-0.1, -0.05) is 18.1 Å². The van der Waals surface area contributed by atoms with E-state index in [2.05, 4.69) is 12.1 Å². The summed E-state index contributed by atoms with van der Waals surface area (Å²) >= 11 is 0. The van der Waals surface area contributed by atoms with Crippen molar-refractivity contribution in [3.63, 3.8) is 0 Å². The summed E-state index contributed by atoms with van der Waals surface area (Å²) in [5, 5.41) is 13.1. The zero-order valence-corrected chi connectivity index (χ0v) is 7.24. The van der Waals surface area contributed by atoms with Crippen molar-refractivity contribution in [2.45, 2.75) is 13.3 Å². The molecule has 1 aromatic carbocycles. The lowest BCUT2D eigenvalue weighted by atomic mass is 10.1. The molecule has 0 aliphatic rings. The first-order valence-corrected chi connectivity index (χ1v) is 4.13. The summed E-state index contributed by atoms with van der Waals surface area (Å²) in [7, 11) is 0. The molecule has 1 heterocycles. The van der Waals surface area contributed by atoms with E-state index in [-0.39, 0.29) is 0 Å². The fraction of sp³-hybridized carbons (Fsp3) is 0.200. The van der Waals surface area contributed by atoms with Crippen LogP contribution in [0.2, 0.25) is 0 Å². The van der Waals surface area contributed by atoms with Crippen molar-refractivity contribution >= 4 is 11.0 Å². The van der Waals surface area contributed by atoms with Gasteiger partial charge in [-0.2, -0.15) is 5.26 Å². The standard InChI is InChI=1S/C10H8N2O/c1-2-7-3-4-8-9(6-11)12-13-10(8)5-7/h3-5H,2H2,1H3. The van der Waals surface area contributed by atoms with Gasteiger partial charge in [-0.15, -0.1) is 0 Å². The van der Waals surface area contributed by atoms with Gasteiger partial charge in [0.1, 0.15) is 6.07 Å². The van der Waals surface area contributed by atoms with Gasteiger partial charge in [0.25, 0.3) is 0 Å². The Kier molecular flexibility index (Phi) is 1.75. The number of benzene rings is 1. The van der Waals surface area contributed by atoms with Crippen molar-refractivity contribution in [3.05, 3.63) is 29.5 Å². The highest BCUT2D eigenvalue weighted by Crippen LogP contribution is 2.19. The van der Waals surface area contributed by atoms with E-state index in [1.54, 1.807) is 0 Å². The highest BCUT2D eigenvalue weighted by Gasteiger charge is 2.06. The Balaban J connectivity index is 2.70. The Morgan fingerprint density at radius 2 is 2.38 bits per heavy atom. The molecule has 0 bridgehead atoms. The average Bonchev–Trinajstić information content (AvgIpc) is 2.59. The zero-order valence-electron chi connectivity index (χ0n) is 7.24. The van der Waals surface area contributed by atoms with Crippen LogP contribution in [-0.2, 0) is 6.42 Å². The fourth-order valence-electron chi connectivity index (χ4n) is 1.28. The lowest BCUT2D eigenvalue weighted by molar-refractivity contribution is 0.453. The Morgan fingerprint density at radius 3 is 3.08 bits per heavy atom. The Bertz CT molecular complexity index is 479. The molecule has 3 heteroatoms. The number of aryl methyl sites for hydroxylation is 1. The van der Waals surface area contributed by atoms with E-state index in [1.807, 2.05) is 24.3 Å². The van der Waals surface area contributed by atoms with Crippen molar-refractivity contribution in [1.29, 1.82) is 5.26 Å². The first-order valence-electron chi connectivity index (χ1n) is 4.13. The quantitative estimate of drug-likeness (QED) is 0.662. The van der Waals surface area contributed by atoms with E-state index in [1.165, 1.54) is 5.56 Å². The van der Waals surface area contributed by atoms with Crippen LogP contribution in [0.4, 0.5) is 0 Å². The third-order valence-corrected chi connectivity index (χ3v) is 2.05. The van der Waals surface area contributed by atoms with Gasteiger partial charge >= 0.3 is 0 Å². The first kappa shape index (κ1) is 7.81. The molecule has 0 saturated carbocycles. The van der Waals surface area contributed by atoms with Crippen molar-refractivity contribution in [3.8, 4) is 6.07 Å². The number of hydrogen-bond acceptors (Lipinski definition) is 3. The Morgan fingerprint density at radius 1 is 1.54 bits per heavy atom. The van der Waals surface area contributed by atoms with Crippen molar-refractivity contribution in [2.75, 3.05) is 0 Å². The van der Waals surface area contributed by atoms with Crippen LogP contribution < -0.4 is 0 Å². The summed E-state index contributed by atoms with van der Waals surface area (Å²) in [5.74, 6) is 0. The highest BCUT2D eigenvalue weighted by molar-refractivity contribution is 5.82. The SMILES string of the molecule is CCc1ccc2c(C#N)noc2c1. The molecule has 0 amide bonds. The predicted molar refractivity (Wildman–Crippen MR) is 48.1 cm³/mol. The molecule has 0 fully saturated rings. The van der Waals surface area contributed by atoms with Gasteiger partial charge in [-0.3, -0.25) is 0 Å². The molecule has 64 valence electrons. The van der Waals surface area contributed by atoms with Gasteiger partial charge in [0.2, 0.25) is 0 Å². The van der Waals surface area contributed by atoms with E-state index in [9.17, 15) is 0 Å². The smallest absolute Gasteiger partial charge is 0.191 e. The molecule has 0 aliphatic carbocycles. The van der Waals surface area contributed by atoms with Gasteiger partial charge < -0.3 is 4.52 Å². The molecule has 0 atom stereocenters. The second-order valence-electron chi connectivity index (χ2n) is 2.83. The van der Waals surface area contributed by atoms with Gasteiger partial charge in [-0.25, -0.2) is 0 Å². The summed E-state index contributed by atoms with van der Waals surface area (Å²) in [5.41, 5.74) is 2.24. The number of nitrogens with zero attached hydrogens (tertiary/aromatic N) is 2. The van der Waals surface area contributed by atoms with E-state index in [4.69, 9.17) is 9.78 Å². The van der Waals surface area contributed by atoms with Crippen LogP contribution in [0, 0.1) is 11.3 Å². The summed E-state index contributed by atoms with van der Waals surface area (Å²) in [4.78, 5) is 0. The number of rotatable bonds is 1. The molecular weight excluding hydrogens is 164 g/mol. The molecule has 13 heavy (non-hydrogen) atoms. The second kappa shape index (κ2) is 2.91. The Labute approximate surface area is 75.6 Å². The lowest BCUT2D eigenvalue weighted by Gasteiger charge is -1.93. The van der Waals surface area contributed by atoms with Crippen molar-refractivity contribution in [1.82, 2.24) is 5.16 Å². The minimum absolute atomic E-state index is 0.359. The molecule has 0 aliphatic heterocycles. The van der Waals surface area contributed by atoms with Crippen molar-refractivity contribution in [2.24, 2.45) is 0 Å². The van der Waals surface area contributed by atoms with E-state index < -0.39 is 0 Å². The van der Waals surface area contributed by atoms with Crippen LogP contribution in [0.25, 0.3) is 11.0 Å². The molecule has 0 unspecified atom stereocenters. The Hall–Kier alpha value is -1.82. The molecule has 0 spiro atoms. The van der Waals surface area contributed by atoms with Crippen LogP contribution in [0.5, 0.6) is 0 Å². The van der Waals surface area contributed by atoms with Crippen LogP contribution in [-0.4, -0.2) is 5.16 Å².